The first-order valence-electron chi connectivity index (χ1n) is 6.53. The van der Waals surface area contributed by atoms with Crippen molar-refractivity contribution < 1.29 is 13.2 Å². The van der Waals surface area contributed by atoms with Gasteiger partial charge in [0.25, 0.3) is 0 Å². The molecule has 1 atom stereocenters. The van der Waals surface area contributed by atoms with Gasteiger partial charge in [-0.1, -0.05) is 0 Å². The maximum atomic E-state index is 12.8. The van der Waals surface area contributed by atoms with E-state index in [1.54, 1.807) is 4.90 Å². The third-order valence-electron chi connectivity index (χ3n) is 2.91. The maximum Gasteiger partial charge on any atom is 0.451 e. The number of anilines is 2. The zero-order chi connectivity index (χ0) is 16.2. The molecule has 0 bridgehead atoms. The SMILES string of the molecule is CCN(c1cc(NN)nc(C(F)(F)F)n1)C(C)CN(C)C. The molecule has 1 aromatic heterocycles. The van der Waals surface area contributed by atoms with Crippen molar-refractivity contribution in [1.29, 1.82) is 0 Å². The largest absolute Gasteiger partial charge is 0.451 e. The van der Waals surface area contributed by atoms with Crippen LogP contribution < -0.4 is 16.2 Å². The van der Waals surface area contributed by atoms with Gasteiger partial charge in [0, 0.05) is 25.2 Å². The number of hydrogen-bond acceptors (Lipinski definition) is 6. The Hall–Kier alpha value is -1.61. The lowest BCUT2D eigenvalue weighted by Gasteiger charge is -2.31. The summed E-state index contributed by atoms with van der Waals surface area (Å²) >= 11 is 0. The van der Waals surface area contributed by atoms with E-state index in [9.17, 15) is 13.2 Å². The first kappa shape index (κ1) is 17.4. The highest BCUT2D eigenvalue weighted by atomic mass is 19.4. The van der Waals surface area contributed by atoms with Crippen molar-refractivity contribution in [1.82, 2.24) is 14.9 Å². The number of nitrogens with one attached hydrogen (secondary N) is 1. The van der Waals surface area contributed by atoms with Gasteiger partial charge < -0.3 is 15.2 Å². The smallest absolute Gasteiger partial charge is 0.353 e. The quantitative estimate of drug-likeness (QED) is 0.614. The van der Waals surface area contributed by atoms with Crippen molar-refractivity contribution in [2.45, 2.75) is 26.1 Å². The summed E-state index contributed by atoms with van der Waals surface area (Å²) in [6, 6.07) is 1.40. The van der Waals surface area contributed by atoms with E-state index in [0.717, 1.165) is 0 Å². The van der Waals surface area contributed by atoms with E-state index in [1.807, 2.05) is 32.8 Å². The number of rotatable bonds is 6. The number of likely N-dealkylation sites (N-methyl/N-ethyl adjacent to an activating group) is 2. The average Bonchev–Trinajstić information content (AvgIpc) is 2.37. The lowest BCUT2D eigenvalue weighted by Crippen LogP contribution is -2.41. The van der Waals surface area contributed by atoms with Crippen LogP contribution in [0.2, 0.25) is 0 Å². The molecule has 6 nitrogen and oxygen atoms in total. The van der Waals surface area contributed by atoms with Crippen molar-refractivity contribution in [2.24, 2.45) is 5.84 Å². The van der Waals surface area contributed by atoms with Gasteiger partial charge in [0.2, 0.25) is 5.82 Å². The molecule has 0 aromatic carbocycles. The van der Waals surface area contributed by atoms with E-state index in [2.05, 4.69) is 15.4 Å². The lowest BCUT2D eigenvalue weighted by atomic mass is 10.2. The number of nitrogen functional groups attached to an aromatic ring is 1. The second-order valence-corrected chi connectivity index (χ2v) is 4.97. The molecule has 1 unspecified atom stereocenters. The molecule has 1 heterocycles. The minimum atomic E-state index is -4.62. The topological polar surface area (TPSA) is 70.3 Å². The Morgan fingerprint density at radius 3 is 2.38 bits per heavy atom. The van der Waals surface area contributed by atoms with Gasteiger partial charge in [-0.3, -0.25) is 0 Å². The van der Waals surface area contributed by atoms with Crippen LogP contribution >= 0.6 is 0 Å². The summed E-state index contributed by atoms with van der Waals surface area (Å²) in [6.07, 6.45) is -4.62. The summed E-state index contributed by atoms with van der Waals surface area (Å²) < 4.78 is 38.5. The van der Waals surface area contributed by atoms with Gasteiger partial charge in [0.05, 0.1) is 0 Å². The number of nitrogens with two attached hydrogens (primary N) is 1. The minimum absolute atomic E-state index is 0.00777. The molecule has 0 amide bonds. The van der Waals surface area contributed by atoms with Gasteiger partial charge in [-0.25, -0.2) is 15.8 Å². The molecule has 0 saturated heterocycles. The number of nitrogens with zero attached hydrogens (tertiary/aromatic N) is 4. The summed E-state index contributed by atoms with van der Waals surface area (Å²) in [5, 5.41) is 0. The predicted octanol–water partition coefficient (Wildman–Crippen LogP) is 1.56. The van der Waals surface area contributed by atoms with E-state index >= 15 is 0 Å². The van der Waals surface area contributed by atoms with E-state index < -0.39 is 12.0 Å². The van der Waals surface area contributed by atoms with E-state index in [4.69, 9.17) is 5.84 Å². The highest BCUT2D eigenvalue weighted by molar-refractivity contribution is 5.49. The second-order valence-electron chi connectivity index (χ2n) is 4.97. The summed E-state index contributed by atoms with van der Waals surface area (Å²) in [7, 11) is 3.80. The molecule has 21 heavy (non-hydrogen) atoms. The number of halogens is 3. The average molecular weight is 306 g/mol. The Bertz CT molecular complexity index is 463. The molecule has 3 N–H and O–H groups in total. The van der Waals surface area contributed by atoms with Gasteiger partial charge in [0.15, 0.2) is 0 Å². The standard InChI is InChI=1S/C12H21F3N6/c1-5-21(8(2)7-20(3)4)10-6-9(19-16)17-11(18-10)12(13,14)15/h6,8H,5,7,16H2,1-4H3,(H,17,18,19). The Balaban J connectivity index is 3.19. The van der Waals surface area contributed by atoms with Crippen molar-refractivity contribution in [2.75, 3.05) is 37.5 Å². The van der Waals surface area contributed by atoms with Crippen LogP contribution in [0.15, 0.2) is 6.07 Å². The van der Waals surface area contributed by atoms with Crippen molar-refractivity contribution in [3.63, 3.8) is 0 Å². The highest BCUT2D eigenvalue weighted by Crippen LogP contribution is 2.29. The predicted molar refractivity (Wildman–Crippen MR) is 75.9 cm³/mol. The fourth-order valence-corrected chi connectivity index (χ4v) is 2.11. The Morgan fingerprint density at radius 2 is 1.95 bits per heavy atom. The molecule has 1 rings (SSSR count). The lowest BCUT2D eigenvalue weighted by molar-refractivity contribution is -0.144. The Labute approximate surface area is 122 Å². The molecule has 1 aromatic rings. The molecular formula is C12H21F3N6. The van der Waals surface area contributed by atoms with Gasteiger partial charge in [-0.2, -0.15) is 13.2 Å². The van der Waals surface area contributed by atoms with E-state index in [0.29, 0.717) is 13.1 Å². The summed E-state index contributed by atoms with van der Waals surface area (Å²) in [5.41, 5.74) is 2.15. The van der Waals surface area contributed by atoms with Crippen molar-refractivity contribution >= 4 is 11.6 Å². The van der Waals surface area contributed by atoms with Crippen molar-refractivity contribution in [3.05, 3.63) is 11.9 Å². The van der Waals surface area contributed by atoms with Crippen LogP contribution in [0.5, 0.6) is 0 Å². The van der Waals surface area contributed by atoms with Crippen molar-refractivity contribution in [3.8, 4) is 0 Å². The second kappa shape index (κ2) is 6.90. The summed E-state index contributed by atoms with van der Waals surface area (Å²) in [5.74, 6) is 4.12. The number of hydrogen-bond donors (Lipinski definition) is 2. The Kier molecular flexibility index (Phi) is 5.73. The molecular weight excluding hydrogens is 285 g/mol. The first-order valence-corrected chi connectivity index (χ1v) is 6.53. The van der Waals surface area contributed by atoms with Crippen LogP contribution in [0.1, 0.15) is 19.7 Å². The molecule has 0 aliphatic carbocycles. The van der Waals surface area contributed by atoms with Gasteiger partial charge in [0.1, 0.15) is 11.6 Å². The Morgan fingerprint density at radius 1 is 1.33 bits per heavy atom. The van der Waals surface area contributed by atoms with Crippen LogP contribution in [-0.4, -0.2) is 48.1 Å². The van der Waals surface area contributed by atoms with Crippen LogP contribution in [0, 0.1) is 0 Å². The number of alkyl halides is 3. The maximum absolute atomic E-state index is 12.8. The van der Waals surface area contributed by atoms with Gasteiger partial charge in [-0.15, -0.1) is 0 Å². The highest BCUT2D eigenvalue weighted by Gasteiger charge is 2.36. The third kappa shape index (κ3) is 4.71. The zero-order valence-corrected chi connectivity index (χ0v) is 12.6. The molecule has 0 aliphatic heterocycles. The van der Waals surface area contributed by atoms with Crippen LogP contribution in [0.3, 0.4) is 0 Å². The third-order valence-corrected chi connectivity index (χ3v) is 2.91. The fraction of sp³-hybridized carbons (Fsp3) is 0.667. The van der Waals surface area contributed by atoms with E-state index in [-0.39, 0.29) is 17.7 Å². The minimum Gasteiger partial charge on any atom is -0.353 e. The summed E-state index contributed by atoms with van der Waals surface area (Å²) in [4.78, 5) is 10.7. The first-order chi connectivity index (χ1) is 9.68. The molecule has 0 fully saturated rings. The van der Waals surface area contributed by atoms with Crippen LogP contribution in [-0.2, 0) is 6.18 Å². The van der Waals surface area contributed by atoms with Gasteiger partial charge >= 0.3 is 6.18 Å². The van der Waals surface area contributed by atoms with Crippen LogP contribution in [0.4, 0.5) is 24.8 Å². The molecule has 0 spiro atoms. The fourth-order valence-electron chi connectivity index (χ4n) is 2.11. The monoisotopic (exact) mass is 306 g/mol. The summed E-state index contributed by atoms with van der Waals surface area (Å²) in [6.45, 7) is 4.99. The number of aromatic nitrogens is 2. The normalized spacial score (nSPS) is 13.4. The molecule has 0 radical (unpaired) electrons. The molecule has 120 valence electrons. The van der Waals surface area contributed by atoms with Crippen LogP contribution in [0.25, 0.3) is 0 Å². The molecule has 0 aliphatic rings. The van der Waals surface area contributed by atoms with Gasteiger partial charge in [-0.05, 0) is 27.9 Å². The number of hydrazine groups is 1. The zero-order valence-electron chi connectivity index (χ0n) is 12.6. The molecule has 9 heteroatoms. The van der Waals surface area contributed by atoms with E-state index in [1.165, 1.54) is 6.07 Å². The molecule has 0 saturated carbocycles.